The first kappa shape index (κ1) is 29.5. The Morgan fingerprint density at radius 1 is 0.927 bits per heavy atom. The van der Waals surface area contributed by atoms with Crippen molar-refractivity contribution in [2.45, 2.75) is 6.92 Å². The third-order valence-electron chi connectivity index (χ3n) is 5.87. The maximum atomic E-state index is 12.9. The van der Waals surface area contributed by atoms with Crippen LogP contribution in [-0.4, -0.2) is 55.2 Å². The van der Waals surface area contributed by atoms with Crippen molar-refractivity contribution in [1.82, 2.24) is 4.90 Å². The van der Waals surface area contributed by atoms with E-state index in [-0.39, 0.29) is 17.4 Å². The fourth-order valence-corrected chi connectivity index (χ4v) is 4.91. The molecule has 0 spiro atoms. The Morgan fingerprint density at radius 2 is 1.66 bits per heavy atom. The first-order valence-electron chi connectivity index (χ1n) is 12.2. The Kier molecular flexibility index (Phi) is 9.53. The van der Waals surface area contributed by atoms with Crippen molar-refractivity contribution in [2.24, 2.45) is 0 Å². The van der Waals surface area contributed by atoms with E-state index in [0.717, 1.165) is 22.2 Å². The molecule has 10 nitrogen and oxygen atoms in total. The van der Waals surface area contributed by atoms with E-state index < -0.39 is 23.6 Å². The highest BCUT2D eigenvalue weighted by molar-refractivity contribution is 8.18. The molecule has 0 aliphatic carbocycles. The van der Waals surface area contributed by atoms with Crippen LogP contribution in [0.15, 0.2) is 65.6 Å². The number of halogens is 1. The molecule has 1 saturated heterocycles. The lowest BCUT2D eigenvalue weighted by atomic mass is 10.2. The second kappa shape index (κ2) is 13.2. The maximum absolute atomic E-state index is 12.9. The number of hydrogen-bond donors (Lipinski definition) is 2. The second-order valence-electron chi connectivity index (χ2n) is 8.73. The summed E-state index contributed by atoms with van der Waals surface area (Å²) >= 11 is 6.81. The van der Waals surface area contributed by atoms with E-state index in [4.69, 9.17) is 25.8 Å². The third kappa shape index (κ3) is 7.38. The zero-order chi connectivity index (χ0) is 29.5. The molecule has 1 aliphatic heterocycles. The van der Waals surface area contributed by atoms with Crippen LogP contribution in [-0.2, 0) is 14.4 Å². The number of anilines is 2. The van der Waals surface area contributed by atoms with Gasteiger partial charge in [0.15, 0.2) is 18.1 Å². The zero-order valence-corrected chi connectivity index (χ0v) is 23.9. The number of methoxy groups -OCH3 is 2. The number of amides is 4. The molecule has 0 radical (unpaired) electrons. The van der Waals surface area contributed by atoms with Crippen molar-refractivity contribution in [3.05, 3.63) is 81.7 Å². The van der Waals surface area contributed by atoms with Crippen LogP contribution >= 0.6 is 23.4 Å². The molecule has 12 heteroatoms. The van der Waals surface area contributed by atoms with E-state index in [1.807, 2.05) is 25.1 Å². The number of aryl methyl sites for hydroxylation is 1. The first-order chi connectivity index (χ1) is 19.7. The summed E-state index contributed by atoms with van der Waals surface area (Å²) in [5.41, 5.74) is 2.57. The molecule has 1 aliphatic rings. The highest BCUT2D eigenvalue weighted by atomic mass is 35.5. The average Bonchev–Trinajstić information content (AvgIpc) is 3.20. The Morgan fingerprint density at radius 3 is 2.37 bits per heavy atom. The van der Waals surface area contributed by atoms with Crippen LogP contribution in [0.5, 0.6) is 17.2 Å². The summed E-state index contributed by atoms with van der Waals surface area (Å²) in [5.74, 6) is -0.398. The van der Waals surface area contributed by atoms with E-state index in [0.29, 0.717) is 39.2 Å². The summed E-state index contributed by atoms with van der Waals surface area (Å²) in [6, 6.07) is 17.0. The van der Waals surface area contributed by atoms with Gasteiger partial charge in [-0.05, 0) is 72.3 Å². The van der Waals surface area contributed by atoms with Gasteiger partial charge in [-0.1, -0.05) is 35.9 Å². The van der Waals surface area contributed by atoms with E-state index in [2.05, 4.69) is 10.6 Å². The summed E-state index contributed by atoms with van der Waals surface area (Å²) in [5, 5.41) is 5.13. The Hall–Kier alpha value is -4.48. The monoisotopic (exact) mass is 595 g/mol. The SMILES string of the molecule is COc1ccc(NC(=O)CN2C(=O)S/C(=C\c3ccc(OCC(=O)Nc4ccccc4C)c(OC)c3)C2=O)cc1Cl. The van der Waals surface area contributed by atoms with Gasteiger partial charge >= 0.3 is 0 Å². The van der Waals surface area contributed by atoms with E-state index in [1.165, 1.54) is 26.4 Å². The zero-order valence-electron chi connectivity index (χ0n) is 22.4. The highest BCUT2D eigenvalue weighted by Crippen LogP contribution is 2.35. The summed E-state index contributed by atoms with van der Waals surface area (Å²) in [6.07, 6.45) is 1.52. The van der Waals surface area contributed by atoms with Crippen LogP contribution in [0.3, 0.4) is 0 Å². The number of rotatable bonds is 10. The van der Waals surface area contributed by atoms with Crippen LogP contribution in [0.25, 0.3) is 6.08 Å². The number of carbonyl (C=O) groups is 4. The van der Waals surface area contributed by atoms with Gasteiger partial charge in [0.05, 0.1) is 24.1 Å². The molecule has 0 aromatic heterocycles. The number of nitrogens with zero attached hydrogens (tertiary/aromatic N) is 1. The third-order valence-corrected chi connectivity index (χ3v) is 7.08. The Labute approximate surface area is 245 Å². The highest BCUT2D eigenvalue weighted by Gasteiger charge is 2.36. The Bertz CT molecular complexity index is 1540. The second-order valence-corrected chi connectivity index (χ2v) is 10.1. The van der Waals surface area contributed by atoms with Crippen LogP contribution in [0.4, 0.5) is 16.2 Å². The van der Waals surface area contributed by atoms with Crippen molar-refractivity contribution in [2.75, 3.05) is 38.0 Å². The molecule has 0 unspecified atom stereocenters. The van der Waals surface area contributed by atoms with Gasteiger partial charge in [0.25, 0.3) is 17.1 Å². The van der Waals surface area contributed by atoms with Crippen molar-refractivity contribution >= 4 is 63.8 Å². The van der Waals surface area contributed by atoms with Crippen molar-refractivity contribution in [3.63, 3.8) is 0 Å². The van der Waals surface area contributed by atoms with Gasteiger partial charge in [-0.2, -0.15) is 0 Å². The van der Waals surface area contributed by atoms with Gasteiger partial charge < -0.3 is 24.8 Å². The van der Waals surface area contributed by atoms with Crippen molar-refractivity contribution in [3.8, 4) is 17.2 Å². The molecule has 212 valence electrons. The normalized spacial score (nSPS) is 13.8. The van der Waals surface area contributed by atoms with Gasteiger partial charge in [-0.3, -0.25) is 24.1 Å². The summed E-state index contributed by atoms with van der Waals surface area (Å²) in [4.78, 5) is 51.3. The van der Waals surface area contributed by atoms with Gasteiger partial charge in [0.1, 0.15) is 12.3 Å². The lowest BCUT2D eigenvalue weighted by molar-refractivity contribution is -0.127. The molecule has 2 N–H and O–H groups in total. The van der Waals surface area contributed by atoms with Crippen LogP contribution in [0, 0.1) is 6.92 Å². The Balaban J connectivity index is 1.38. The molecule has 4 rings (SSSR count). The van der Waals surface area contributed by atoms with Gasteiger partial charge in [-0.25, -0.2) is 0 Å². The smallest absolute Gasteiger partial charge is 0.294 e. The lowest BCUT2D eigenvalue weighted by Gasteiger charge is -2.13. The molecule has 0 bridgehead atoms. The van der Waals surface area contributed by atoms with E-state index in [1.54, 1.807) is 36.4 Å². The topological polar surface area (TPSA) is 123 Å². The molecule has 1 fully saturated rings. The van der Waals surface area contributed by atoms with Gasteiger partial charge in [-0.15, -0.1) is 0 Å². The molecular formula is C29H26ClN3O7S. The number of nitrogens with one attached hydrogen (secondary N) is 2. The first-order valence-corrected chi connectivity index (χ1v) is 13.4. The van der Waals surface area contributed by atoms with Crippen LogP contribution in [0.2, 0.25) is 5.02 Å². The fraction of sp³-hybridized carbons (Fsp3) is 0.172. The minimum absolute atomic E-state index is 0.142. The molecule has 4 amide bonds. The quantitative estimate of drug-likeness (QED) is 0.300. The minimum atomic E-state index is -0.602. The predicted octanol–water partition coefficient (Wildman–Crippen LogP) is 5.36. The number of benzene rings is 3. The number of thioether (sulfide) groups is 1. The van der Waals surface area contributed by atoms with Crippen molar-refractivity contribution < 1.29 is 33.4 Å². The number of para-hydroxylation sites is 1. The number of hydrogen-bond acceptors (Lipinski definition) is 8. The molecule has 3 aromatic rings. The predicted molar refractivity (Wildman–Crippen MR) is 158 cm³/mol. The van der Waals surface area contributed by atoms with Crippen molar-refractivity contribution in [1.29, 1.82) is 0 Å². The minimum Gasteiger partial charge on any atom is -0.495 e. The average molecular weight is 596 g/mol. The summed E-state index contributed by atoms with van der Waals surface area (Å²) in [7, 11) is 2.92. The lowest BCUT2D eigenvalue weighted by Crippen LogP contribution is -2.36. The number of ether oxygens (including phenoxy) is 3. The fourth-order valence-electron chi connectivity index (χ4n) is 3.81. The number of carbonyl (C=O) groups excluding carboxylic acids is 4. The van der Waals surface area contributed by atoms with Crippen LogP contribution < -0.4 is 24.8 Å². The molecular weight excluding hydrogens is 570 g/mol. The molecule has 41 heavy (non-hydrogen) atoms. The van der Waals surface area contributed by atoms with Crippen LogP contribution in [0.1, 0.15) is 11.1 Å². The van der Waals surface area contributed by atoms with Gasteiger partial charge in [0, 0.05) is 11.4 Å². The molecule has 3 aromatic carbocycles. The van der Waals surface area contributed by atoms with E-state index >= 15 is 0 Å². The van der Waals surface area contributed by atoms with Gasteiger partial charge in [0.2, 0.25) is 5.91 Å². The summed E-state index contributed by atoms with van der Waals surface area (Å²) < 4.78 is 16.1. The standard InChI is InChI=1S/C29H26ClN3O7S/c1-17-6-4-5-7-21(17)32-27(35)16-40-23-10-8-18(12-24(23)39-3)13-25-28(36)33(29(37)41-25)15-26(34)31-19-9-11-22(38-2)20(30)14-19/h4-14H,15-16H2,1-3H3,(H,31,34)(H,32,35)/b25-13-. The largest absolute Gasteiger partial charge is 0.495 e. The van der Waals surface area contributed by atoms with E-state index in [9.17, 15) is 19.2 Å². The summed E-state index contributed by atoms with van der Waals surface area (Å²) in [6.45, 7) is 1.18. The molecule has 1 heterocycles. The number of imide groups is 1. The maximum Gasteiger partial charge on any atom is 0.294 e. The molecule has 0 saturated carbocycles. The molecule has 0 atom stereocenters.